The molecule has 4 heteroatoms. The maximum atomic E-state index is 10.3. The number of hydrogen-bond donors (Lipinski definition) is 1. The molecule has 0 heterocycles. The molecule has 1 nitrogen and oxygen atoms in total. The quantitative estimate of drug-likeness (QED) is 0.553. The van der Waals surface area contributed by atoms with Crippen LogP contribution in [0.2, 0.25) is 10.0 Å². The zero-order chi connectivity index (χ0) is 8.43. The lowest BCUT2D eigenvalue weighted by Crippen LogP contribution is -1.81. The van der Waals surface area contributed by atoms with Crippen molar-refractivity contribution in [3.05, 3.63) is 27.7 Å². The number of aldehydes is 1. The van der Waals surface area contributed by atoms with E-state index in [4.69, 9.17) is 23.2 Å². The molecule has 0 aromatic heterocycles. The number of carbonyl (C=O) groups is 1. The second kappa shape index (κ2) is 3.48. The molecule has 0 unspecified atom stereocenters. The lowest BCUT2D eigenvalue weighted by Gasteiger charge is -1.99. The molecule has 0 radical (unpaired) electrons. The van der Waals surface area contributed by atoms with Crippen molar-refractivity contribution in [3.63, 3.8) is 0 Å². The third-order valence-electron chi connectivity index (χ3n) is 1.18. The van der Waals surface area contributed by atoms with Crippen LogP contribution in [0.5, 0.6) is 0 Å². The van der Waals surface area contributed by atoms with Crippen LogP contribution in [0, 0.1) is 0 Å². The van der Waals surface area contributed by atoms with Crippen molar-refractivity contribution in [2.24, 2.45) is 0 Å². The van der Waals surface area contributed by atoms with Gasteiger partial charge in [-0.2, -0.15) is 0 Å². The summed E-state index contributed by atoms with van der Waals surface area (Å²) in [6, 6.07) is 3.03. The van der Waals surface area contributed by atoms with Crippen LogP contribution in [0.25, 0.3) is 0 Å². The fraction of sp³-hybridized carbons (Fsp3) is 0. The second-order valence-corrected chi connectivity index (χ2v) is 3.21. The summed E-state index contributed by atoms with van der Waals surface area (Å²) in [5.41, 5.74) is 0.456. The fourth-order valence-corrected chi connectivity index (χ4v) is 1.29. The van der Waals surface area contributed by atoms with Crippen molar-refractivity contribution in [2.75, 3.05) is 0 Å². The van der Waals surface area contributed by atoms with Gasteiger partial charge in [0.2, 0.25) is 0 Å². The molecule has 0 bridgehead atoms. The molecule has 0 saturated heterocycles. The Morgan fingerprint density at radius 2 is 1.73 bits per heavy atom. The van der Waals surface area contributed by atoms with E-state index in [0.717, 1.165) is 0 Å². The topological polar surface area (TPSA) is 17.1 Å². The van der Waals surface area contributed by atoms with Crippen molar-refractivity contribution < 1.29 is 4.79 Å². The van der Waals surface area contributed by atoms with Crippen molar-refractivity contribution >= 4 is 42.1 Å². The largest absolute Gasteiger partial charge is 0.298 e. The standard InChI is InChI=1S/C7H4Cl2OS/c8-5-1-4(3-10)2-6(9)7(5)11/h1-3,11H. The Kier molecular flexibility index (Phi) is 2.82. The maximum absolute atomic E-state index is 10.3. The molecule has 1 aromatic rings. The first-order valence-electron chi connectivity index (χ1n) is 2.78. The van der Waals surface area contributed by atoms with Gasteiger partial charge in [-0.15, -0.1) is 12.6 Å². The van der Waals surface area contributed by atoms with E-state index in [1.54, 1.807) is 0 Å². The molecule has 0 amide bonds. The van der Waals surface area contributed by atoms with Gasteiger partial charge in [0.25, 0.3) is 0 Å². The van der Waals surface area contributed by atoms with Crippen molar-refractivity contribution in [1.82, 2.24) is 0 Å². The van der Waals surface area contributed by atoms with Gasteiger partial charge < -0.3 is 0 Å². The Morgan fingerprint density at radius 1 is 1.27 bits per heavy atom. The smallest absolute Gasteiger partial charge is 0.150 e. The molecule has 0 aliphatic rings. The molecule has 0 fully saturated rings. The summed E-state index contributed by atoms with van der Waals surface area (Å²) in [7, 11) is 0. The van der Waals surface area contributed by atoms with Crippen LogP contribution in [-0.4, -0.2) is 6.29 Å². The van der Waals surface area contributed by atoms with Crippen LogP contribution in [0.3, 0.4) is 0 Å². The molecule has 1 aromatic carbocycles. The van der Waals surface area contributed by atoms with Crippen LogP contribution >= 0.6 is 35.8 Å². The first kappa shape index (κ1) is 8.91. The lowest BCUT2D eigenvalue weighted by atomic mass is 10.2. The van der Waals surface area contributed by atoms with E-state index < -0.39 is 0 Å². The average molecular weight is 207 g/mol. The van der Waals surface area contributed by atoms with E-state index in [-0.39, 0.29) is 0 Å². The Bertz CT molecular complexity index is 275. The maximum Gasteiger partial charge on any atom is 0.150 e. The van der Waals surface area contributed by atoms with E-state index >= 15 is 0 Å². The Labute approximate surface area is 79.7 Å². The third kappa shape index (κ3) is 1.89. The first-order valence-corrected chi connectivity index (χ1v) is 3.98. The summed E-state index contributed by atoms with van der Waals surface area (Å²) in [4.78, 5) is 10.8. The summed E-state index contributed by atoms with van der Waals surface area (Å²) in [5.74, 6) is 0. The van der Waals surface area contributed by atoms with E-state index in [9.17, 15) is 4.79 Å². The molecule has 58 valence electrons. The molecule has 1 rings (SSSR count). The highest BCUT2D eigenvalue weighted by atomic mass is 35.5. The normalized spacial score (nSPS) is 9.73. The zero-order valence-corrected chi connectivity index (χ0v) is 7.75. The minimum absolute atomic E-state index is 0.392. The molecule has 0 spiro atoms. The molecular formula is C7H4Cl2OS. The zero-order valence-electron chi connectivity index (χ0n) is 5.34. The Balaban J connectivity index is 3.31. The van der Waals surface area contributed by atoms with Crippen LogP contribution in [0.4, 0.5) is 0 Å². The van der Waals surface area contributed by atoms with E-state index in [0.29, 0.717) is 26.8 Å². The second-order valence-electron chi connectivity index (χ2n) is 1.95. The average Bonchev–Trinajstić information content (AvgIpc) is 1.99. The van der Waals surface area contributed by atoms with Gasteiger partial charge in [0, 0.05) is 10.5 Å². The van der Waals surface area contributed by atoms with Gasteiger partial charge in [-0.1, -0.05) is 23.2 Å². The van der Waals surface area contributed by atoms with Gasteiger partial charge >= 0.3 is 0 Å². The molecule has 0 aliphatic heterocycles. The van der Waals surface area contributed by atoms with Crippen molar-refractivity contribution in [2.45, 2.75) is 4.90 Å². The number of rotatable bonds is 1. The minimum Gasteiger partial charge on any atom is -0.298 e. The van der Waals surface area contributed by atoms with E-state index in [1.807, 2.05) is 0 Å². The van der Waals surface area contributed by atoms with E-state index in [2.05, 4.69) is 12.6 Å². The SMILES string of the molecule is O=Cc1cc(Cl)c(S)c(Cl)c1. The summed E-state index contributed by atoms with van der Waals surface area (Å²) < 4.78 is 0. The van der Waals surface area contributed by atoms with Crippen LogP contribution in [-0.2, 0) is 0 Å². The van der Waals surface area contributed by atoms with Crippen LogP contribution in [0.1, 0.15) is 10.4 Å². The monoisotopic (exact) mass is 206 g/mol. The van der Waals surface area contributed by atoms with Gasteiger partial charge in [0.1, 0.15) is 6.29 Å². The molecule has 0 aliphatic carbocycles. The number of carbonyl (C=O) groups excluding carboxylic acids is 1. The number of thiol groups is 1. The number of benzene rings is 1. The Hall–Kier alpha value is -0.180. The fourth-order valence-electron chi connectivity index (χ4n) is 0.653. The molecule has 0 N–H and O–H groups in total. The number of halogens is 2. The summed E-state index contributed by atoms with van der Waals surface area (Å²) in [6.07, 6.45) is 0.685. The molecule has 0 saturated carbocycles. The predicted molar refractivity (Wildman–Crippen MR) is 49.1 cm³/mol. The predicted octanol–water partition coefficient (Wildman–Crippen LogP) is 3.09. The summed E-state index contributed by atoms with van der Waals surface area (Å²) in [6.45, 7) is 0. The minimum atomic E-state index is 0.392. The Morgan fingerprint density at radius 3 is 2.09 bits per heavy atom. The van der Waals surface area contributed by atoms with Gasteiger partial charge in [-0.25, -0.2) is 0 Å². The first-order chi connectivity index (χ1) is 5.15. The highest BCUT2D eigenvalue weighted by molar-refractivity contribution is 7.80. The van der Waals surface area contributed by atoms with Crippen LogP contribution < -0.4 is 0 Å². The van der Waals surface area contributed by atoms with Crippen molar-refractivity contribution in [3.8, 4) is 0 Å². The van der Waals surface area contributed by atoms with Gasteiger partial charge in [0.15, 0.2) is 0 Å². The molecular weight excluding hydrogens is 203 g/mol. The third-order valence-corrected chi connectivity index (χ3v) is 2.52. The van der Waals surface area contributed by atoms with Gasteiger partial charge in [-0.3, -0.25) is 4.79 Å². The highest BCUT2D eigenvalue weighted by Crippen LogP contribution is 2.28. The lowest BCUT2D eigenvalue weighted by molar-refractivity contribution is 0.112. The van der Waals surface area contributed by atoms with Crippen molar-refractivity contribution in [1.29, 1.82) is 0 Å². The van der Waals surface area contributed by atoms with Gasteiger partial charge in [0.05, 0.1) is 10.0 Å². The highest BCUT2D eigenvalue weighted by Gasteiger charge is 2.03. The molecule has 11 heavy (non-hydrogen) atoms. The molecule has 0 atom stereocenters. The van der Waals surface area contributed by atoms with E-state index in [1.165, 1.54) is 12.1 Å². The number of hydrogen-bond acceptors (Lipinski definition) is 2. The van der Waals surface area contributed by atoms with Gasteiger partial charge in [-0.05, 0) is 12.1 Å². The summed E-state index contributed by atoms with van der Waals surface area (Å²) >= 11 is 15.4. The summed E-state index contributed by atoms with van der Waals surface area (Å²) in [5, 5.41) is 0.783. The van der Waals surface area contributed by atoms with Crippen LogP contribution in [0.15, 0.2) is 17.0 Å².